The van der Waals surface area contributed by atoms with E-state index in [2.05, 4.69) is 4.98 Å². The first kappa shape index (κ1) is 21.7. The van der Waals surface area contributed by atoms with Crippen molar-refractivity contribution in [2.75, 3.05) is 39.2 Å². The normalized spacial score (nSPS) is 16.0. The average Bonchev–Trinajstić information content (AvgIpc) is 2.84. The number of nitrogens with zero attached hydrogens (tertiary/aromatic N) is 5. The van der Waals surface area contributed by atoms with Gasteiger partial charge in [0, 0.05) is 57.1 Å². The average molecular weight is 432 g/mol. The van der Waals surface area contributed by atoms with Gasteiger partial charge in [-0.2, -0.15) is 0 Å². The molecule has 7 nitrogen and oxygen atoms in total. The van der Waals surface area contributed by atoms with Crippen molar-refractivity contribution in [1.29, 1.82) is 0 Å². The Kier molecular flexibility index (Phi) is 6.63. The lowest BCUT2D eigenvalue weighted by molar-refractivity contribution is -0.131. The lowest BCUT2D eigenvalue weighted by Gasteiger charge is -2.33. The van der Waals surface area contributed by atoms with Gasteiger partial charge in [-0.3, -0.25) is 9.78 Å². The number of amides is 1. The van der Waals surface area contributed by atoms with Gasteiger partial charge in [0.05, 0.1) is 19.2 Å². The molecule has 32 heavy (non-hydrogen) atoms. The lowest BCUT2D eigenvalue weighted by atomic mass is 9.93. The first-order valence-corrected chi connectivity index (χ1v) is 10.9. The molecule has 0 aliphatic carbocycles. The van der Waals surface area contributed by atoms with Gasteiger partial charge >= 0.3 is 0 Å². The van der Waals surface area contributed by atoms with E-state index in [4.69, 9.17) is 14.7 Å². The van der Waals surface area contributed by atoms with Crippen LogP contribution in [-0.2, 0) is 11.2 Å². The molecule has 1 atom stereocenters. The molecule has 0 N–H and O–H groups in total. The maximum atomic E-state index is 13.0. The fourth-order valence-electron chi connectivity index (χ4n) is 4.03. The highest BCUT2D eigenvalue weighted by Gasteiger charge is 2.27. The molecule has 1 aromatic carbocycles. The topological polar surface area (TPSA) is 71.5 Å². The summed E-state index contributed by atoms with van der Waals surface area (Å²) in [5.41, 5.74) is 2.83. The number of benzene rings is 1. The Labute approximate surface area is 189 Å². The summed E-state index contributed by atoms with van der Waals surface area (Å²) in [5.74, 6) is 2.60. The van der Waals surface area contributed by atoms with Crippen LogP contribution in [0.15, 0.2) is 54.9 Å². The lowest BCUT2D eigenvalue weighted by Crippen LogP contribution is -2.40. The van der Waals surface area contributed by atoms with Gasteiger partial charge in [-0.15, -0.1) is 0 Å². The largest absolute Gasteiger partial charge is 0.497 e. The van der Waals surface area contributed by atoms with Crippen LogP contribution in [0.1, 0.15) is 30.0 Å². The van der Waals surface area contributed by atoms with Crippen molar-refractivity contribution in [3.05, 3.63) is 66.1 Å². The summed E-state index contributed by atoms with van der Waals surface area (Å²) >= 11 is 0. The first-order valence-electron chi connectivity index (χ1n) is 10.9. The summed E-state index contributed by atoms with van der Waals surface area (Å²) in [4.78, 5) is 30.8. The van der Waals surface area contributed by atoms with Crippen LogP contribution in [0.25, 0.3) is 11.4 Å². The third-order valence-electron chi connectivity index (χ3n) is 5.79. The molecule has 0 radical (unpaired) electrons. The van der Waals surface area contributed by atoms with Crippen LogP contribution in [0.2, 0.25) is 0 Å². The molecule has 3 aromatic rings. The summed E-state index contributed by atoms with van der Waals surface area (Å²) in [7, 11) is 5.59. The van der Waals surface area contributed by atoms with Gasteiger partial charge in [-0.1, -0.05) is 12.1 Å². The van der Waals surface area contributed by atoms with Gasteiger partial charge in [0.2, 0.25) is 5.91 Å². The maximum absolute atomic E-state index is 13.0. The van der Waals surface area contributed by atoms with Crippen LogP contribution in [0.4, 0.5) is 5.82 Å². The molecule has 1 aliphatic rings. The minimum Gasteiger partial charge on any atom is -0.497 e. The number of piperidine rings is 1. The van der Waals surface area contributed by atoms with Crippen molar-refractivity contribution in [3.63, 3.8) is 0 Å². The van der Waals surface area contributed by atoms with Crippen LogP contribution in [0.5, 0.6) is 5.75 Å². The number of aromatic nitrogens is 3. The Hall–Kier alpha value is -3.48. The molecule has 0 saturated carbocycles. The molecule has 7 heteroatoms. The van der Waals surface area contributed by atoms with E-state index in [0.717, 1.165) is 47.8 Å². The quantitative estimate of drug-likeness (QED) is 0.594. The third-order valence-corrected chi connectivity index (χ3v) is 5.79. The molecule has 1 amide bonds. The zero-order chi connectivity index (χ0) is 22.5. The fraction of sp³-hybridized carbons (Fsp3) is 0.360. The number of hydrogen-bond donors (Lipinski definition) is 0. The van der Waals surface area contributed by atoms with Crippen LogP contribution in [0.3, 0.4) is 0 Å². The number of carbonyl (C=O) groups is 1. The van der Waals surface area contributed by atoms with Crippen molar-refractivity contribution in [2.24, 2.45) is 0 Å². The second kappa shape index (κ2) is 9.77. The highest BCUT2D eigenvalue weighted by molar-refractivity contribution is 5.79. The molecule has 0 bridgehead atoms. The summed E-state index contributed by atoms with van der Waals surface area (Å²) in [6.07, 6.45) is 5.85. The van der Waals surface area contributed by atoms with E-state index in [1.165, 1.54) is 0 Å². The van der Waals surface area contributed by atoms with E-state index in [9.17, 15) is 4.79 Å². The number of rotatable bonds is 6. The van der Waals surface area contributed by atoms with E-state index in [0.29, 0.717) is 18.8 Å². The number of pyridine rings is 1. The van der Waals surface area contributed by atoms with Crippen molar-refractivity contribution in [2.45, 2.75) is 25.2 Å². The molecule has 0 unspecified atom stereocenters. The Bertz CT molecular complexity index is 1070. The standard InChI is InChI=1S/C25H29N5O2/c1-29(2)23-15-22(27-25(28-23)19-8-5-11-26-16-19)20-9-6-12-30(17-20)24(31)14-18-7-4-10-21(13-18)32-3/h4-5,7-8,10-11,13,15-16,20H,6,9,12,14,17H2,1-3H3/t20-/m1/s1. The van der Waals surface area contributed by atoms with Crippen LogP contribution in [0, 0.1) is 0 Å². The van der Waals surface area contributed by atoms with Gasteiger partial charge in [0.1, 0.15) is 11.6 Å². The van der Waals surface area contributed by atoms with E-state index in [1.54, 1.807) is 19.5 Å². The summed E-state index contributed by atoms with van der Waals surface area (Å²) < 4.78 is 5.29. The minimum atomic E-state index is 0.136. The molecule has 0 spiro atoms. The van der Waals surface area contributed by atoms with Crippen molar-refractivity contribution < 1.29 is 9.53 Å². The third kappa shape index (κ3) is 5.04. The van der Waals surface area contributed by atoms with Gasteiger partial charge in [-0.05, 0) is 42.7 Å². The molecule has 1 aliphatic heterocycles. The highest BCUT2D eigenvalue weighted by atomic mass is 16.5. The van der Waals surface area contributed by atoms with E-state index in [-0.39, 0.29) is 11.8 Å². The van der Waals surface area contributed by atoms with E-state index in [1.807, 2.05) is 66.4 Å². The Morgan fingerprint density at radius 2 is 2.06 bits per heavy atom. The zero-order valence-corrected chi connectivity index (χ0v) is 18.9. The molecule has 4 rings (SSSR count). The molecule has 3 heterocycles. The number of likely N-dealkylation sites (tertiary alicyclic amines) is 1. The fourth-order valence-corrected chi connectivity index (χ4v) is 4.03. The van der Waals surface area contributed by atoms with Gasteiger partial charge in [0.25, 0.3) is 0 Å². The van der Waals surface area contributed by atoms with E-state index < -0.39 is 0 Å². The Balaban J connectivity index is 1.54. The molecular weight excluding hydrogens is 402 g/mol. The van der Waals surface area contributed by atoms with Crippen LogP contribution >= 0.6 is 0 Å². The number of carbonyl (C=O) groups excluding carboxylic acids is 1. The zero-order valence-electron chi connectivity index (χ0n) is 18.9. The van der Waals surface area contributed by atoms with Gasteiger partial charge < -0.3 is 14.5 Å². The van der Waals surface area contributed by atoms with Crippen molar-refractivity contribution in [1.82, 2.24) is 19.9 Å². The molecule has 166 valence electrons. The molecule has 2 aromatic heterocycles. The predicted octanol–water partition coefficient (Wildman–Crippen LogP) is 3.56. The summed E-state index contributed by atoms with van der Waals surface area (Å²) in [5, 5.41) is 0. The Morgan fingerprint density at radius 3 is 2.81 bits per heavy atom. The molecule has 1 fully saturated rings. The van der Waals surface area contributed by atoms with E-state index >= 15 is 0 Å². The number of anilines is 1. The number of methoxy groups -OCH3 is 1. The predicted molar refractivity (Wildman–Crippen MR) is 125 cm³/mol. The number of hydrogen-bond acceptors (Lipinski definition) is 6. The summed E-state index contributed by atoms with van der Waals surface area (Å²) in [6.45, 7) is 1.44. The van der Waals surface area contributed by atoms with Crippen LogP contribution in [-0.4, -0.2) is 60.1 Å². The van der Waals surface area contributed by atoms with Gasteiger partial charge in [0.15, 0.2) is 5.82 Å². The monoisotopic (exact) mass is 431 g/mol. The maximum Gasteiger partial charge on any atom is 0.227 e. The Morgan fingerprint density at radius 1 is 1.19 bits per heavy atom. The van der Waals surface area contributed by atoms with Gasteiger partial charge in [-0.25, -0.2) is 9.97 Å². The highest BCUT2D eigenvalue weighted by Crippen LogP contribution is 2.29. The van der Waals surface area contributed by atoms with Crippen molar-refractivity contribution in [3.8, 4) is 17.1 Å². The smallest absolute Gasteiger partial charge is 0.227 e. The number of ether oxygens (including phenoxy) is 1. The van der Waals surface area contributed by atoms with Crippen molar-refractivity contribution >= 4 is 11.7 Å². The minimum absolute atomic E-state index is 0.136. The first-order chi connectivity index (χ1) is 15.5. The van der Waals surface area contributed by atoms with Crippen LogP contribution < -0.4 is 9.64 Å². The summed E-state index contributed by atoms with van der Waals surface area (Å²) in [6, 6.07) is 13.6. The molecular formula is C25H29N5O2. The second-order valence-corrected chi connectivity index (χ2v) is 8.32. The molecule has 1 saturated heterocycles. The second-order valence-electron chi connectivity index (χ2n) is 8.32. The SMILES string of the molecule is COc1cccc(CC(=O)N2CCC[C@@H](c3cc(N(C)C)nc(-c4cccnc4)n3)C2)c1.